The maximum atomic E-state index is 11.8. The maximum Gasteiger partial charge on any atom is 0.237 e. The molecule has 2 N–H and O–H groups in total. The van der Waals surface area contributed by atoms with Crippen LogP contribution in [0.25, 0.3) is 0 Å². The number of nitrogens with zero attached hydrogens (tertiary/aromatic N) is 2. The average molecular weight is 260 g/mol. The molecule has 0 radical (unpaired) electrons. The van der Waals surface area contributed by atoms with E-state index in [1.165, 1.54) is 0 Å². The Labute approximate surface area is 111 Å². The van der Waals surface area contributed by atoms with Crippen molar-refractivity contribution in [3.05, 3.63) is 48.2 Å². The van der Waals surface area contributed by atoms with Gasteiger partial charge >= 0.3 is 0 Å². The molecule has 0 spiro atoms. The van der Waals surface area contributed by atoms with Crippen LogP contribution in [0.3, 0.4) is 0 Å². The fourth-order valence-electron chi connectivity index (χ4n) is 1.52. The van der Waals surface area contributed by atoms with Crippen molar-refractivity contribution in [2.75, 3.05) is 0 Å². The molecule has 2 rings (SSSR count). The smallest absolute Gasteiger partial charge is 0.237 e. The molecule has 0 fully saturated rings. The standard InChI is InChI=1S/C13H16N4O2/c1-10(14-8-11-4-2-6-16-17-11)13(18)15-9-12-5-3-7-19-12/h2-7,10,14H,8-9H2,1H3,(H,15,18). The molecule has 0 aliphatic heterocycles. The summed E-state index contributed by atoms with van der Waals surface area (Å²) in [7, 11) is 0. The molecule has 0 bridgehead atoms. The first-order valence-corrected chi connectivity index (χ1v) is 6.06. The fraction of sp³-hybridized carbons (Fsp3) is 0.308. The lowest BCUT2D eigenvalue weighted by atomic mass is 10.3. The largest absolute Gasteiger partial charge is 0.467 e. The number of aromatic nitrogens is 2. The molecule has 0 saturated carbocycles. The second kappa shape index (κ2) is 6.65. The zero-order valence-electron chi connectivity index (χ0n) is 10.7. The predicted molar refractivity (Wildman–Crippen MR) is 68.9 cm³/mol. The van der Waals surface area contributed by atoms with E-state index in [9.17, 15) is 4.79 Å². The molecule has 0 aliphatic rings. The van der Waals surface area contributed by atoms with E-state index >= 15 is 0 Å². The summed E-state index contributed by atoms with van der Waals surface area (Å²) in [5, 5.41) is 13.6. The Morgan fingerprint density at radius 3 is 2.95 bits per heavy atom. The Morgan fingerprint density at radius 2 is 2.26 bits per heavy atom. The van der Waals surface area contributed by atoms with Crippen LogP contribution in [0.15, 0.2) is 41.1 Å². The van der Waals surface area contributed by atoms with E-state index in [1.807, 2.05) is 18.2 Å². The summed E-state index contributed by atoms with van der Waals surface area (Å²) in [5.41, 5.74) is 0.799. The van der Waals surface area contributed by atoms with Gasteiger partial charge in [0.15, 0.2) is 0 Å². The summed E-state index contributed by atoms with van der Waals surface area (Å²) in [6.07, 6.45) is 3.19. The van der Waals surface area contributed by atoms with Crippen LogP contribution >= 0.6 is 0 Å². The fourth-order valence-corrected chi connectivity index (χ4v) is 1.52. The SMILES string of the molecule is CC(NCc1cccnn1)C(=O)NCc1ccco1. The predicted octanol–water partition coefficient (Wildman–Crippen LogP) is 0.864. The van der Waals surface area contributed by atoms with Crippen LogP contribution in [0.2, 0.25) is 0 Å². The zero-order valence-corrected chi connectivity index (χ0v) is 10.7. The molecule has 0 saturated heterocycles. The van der Waals surface area contributed by atoms with Crippen LogP contribution in [0.5, 0.6) is 0 Å². The van der Waals surface area contributed by atoms with Crippen molar-refractivity contribution in [3.8, 4) is 0 Å². The van der Waals surface area contributed by atoms with E-state index < -0.39 is 0 Å². The summed E-state index contributed by atoms with van der Waals surface area (Å²) in [5.74, 6) is 0.648. The second-order valence-electron chi connectivity index (χ2n) is 4.11. The summed E-state index contributed by atoms with van der Waals surface area (Å²) >= 11 is 0. The normalized spacial score (nSPS) is 12.1. The van der Waals surface area contributed by atoms with Gasteiger partial charge in [-0.3, -0.25) is 4.79 Å². The molecule has 1 unspecified atom stereocenters. The van der Waals surface area contributed by atoms with Gasteiger partial charge in [-0.2, -0.15) is 10.2 Å². The van der Waals surface area contributed by atoms with Gasteiger partial charge in [-0.25, -0.2) is 0 Å². The van der Waals surface area contributed by atoms with Gasteiger partial charge in [0.25, 0.3) is 0 Å². The molecule has 2 aromatic heterocycles. The zero-order chi connectivity index (χ0) is 13.5. The molecule has 0 aliphatic carbocycles. The monoisotopic (exact) mass is 260 g/mol. The quantitative estimate of drug-likeness (QED) is 0.805. The highest BCUT2D eigenvalue weighted by molar-refractivity contribution is 5.81. The Bertz CT molecular complexity index is 499. The third kappa shape index (κ3) is 4.18. The summed E-state index contributed by atoms with van der Waals surface area (Å²) in [6.45, 7) is 2.69. The number of furan rings is 1. The van der Waals surface area contributed by atoms with E-state index in [0.29, 0.717) is 13.1 Å². The molecular formula is C13H16N4O2. The molecular weight excluding hydrogens is 244 g/mol. The molecule has 100 valence electrons. The second-order valence-corrected chi connectivity index (χ2v) is 4.11. The number of rotatable bonds is 6. The van der Waals surface area contributed by atoms with E-state index in [-0.39, 0.29) is 11.9 Å². The van der Waals surface area contributed by atoms with Crippen molar-refractivity contribution in [3.63, 3.8) is 0 Å². The Hall–Kier alpha value is -2.21. The highest BCUT2D eigenvalue weighted by atomic mass is 16.3. The maximum absolute atomic E-state index is 11.8. The van der Waals surface area contributed by atoms with Crippen molar-refractivity contribution in [2.24, 2.45) is 0 Å². The highest BCUT2D eigenvalue weighted by Gasteiger charge is 2.12. The lowest BCUT2D eigenvalue weighted by molar-refractivity contribution is -0.123. The van der Waals surface area contributed by atoms with Crippen molar-refractivity contribution < 1.29 is 9.21 Å². The van der Waals surface area contributed by atoms with Gasteiger partial charge in [0.1, 0.15) is 5.76 Å². The number of carbonyl (C=O) groups excluding carboxylic acids is 1. The van der Waals surface area contributed by atoms with E-state index in [1.54, 1.807) is 25.5 Å². The van der Waals surface area contributed by atoms with Gasteiger partial charge in [-0.05, 0) is 31.2 Å². The van der Waals surface area contributed by atoms with E-state index in [4.69, 9.17) is 4.42 Å². The Kier molecular flexibility index (Phi) is 4.63. The van der Waals surface area contributed by atoms with Crippen LogP contribution in [-0.2, 0) is 17.9 Å². The van der Waals surface area contributed by atoms with Gasteiger partial charge in [0.05, 0.1) is 24.5 Å². The number of nitrogens with one attached hydrogen (secondary N) is 2. The van der Waals surface area contributed by atoms with E-state index in [0.717, 1.165) is 11.5 Å². The molecule has 2 aromatic rings. The van der Waals surface area contributed by atoms with Gasteiger partial charge in [0, 0.05) is 12.7 Å². The van der Waals surface area contributed by atoms with Crippen molar-refractivity contribution in [1.29, 1.82) is 0 Å². The average Bonchev–Trinajstić information content (AvgIpc) is 2.96. The molecule has 2 heterocycles. The van der Waals surface area contributed by atoms with Crippen LogP contribution in [0.1, 0.15) is 18.4 Å². The number of amides is 1. The van der Waals surface area contributed by atoms with Gasteiger partial charge in [0.2, 0.25) is 5.91 Å². The molecule has 6 nitrogen and oxygen atoms in total. The van der Waals surface area contributed by atoms with Crippen molar-refractivity contribution in [2.45, 2.75) is 26.1 Å². The third-order valence-electron chi connectivity index (χ3n) is 2.63. The number of hydrogen-bond acceptors (Lipinski definition) is 5. The molecule has 1 atom stereocenters. The topological polar surface area (TPSA) is 80.0 Å². The molecule has 19 heavy (non-hydrogen) atoms. The lowest BCUT2D eigenvalue weighted by Gasteiger charge is -2.12. The van der Waals surface area contributed by atoms with Crippen molar-refractivity contribution >= 4 is 5.91 Å². The van der Waals surface area contributed by atoms with Crippen molar-refractivity contribution in [1.82, 2.24) is 20.8 Å². The van der Waals surface area contributed by atoms with Gasteiger partial charge < -0.3 is 15.1 Å². The Morgan fingerprint density at radius 1 is 1.37 bits per heavy atom. The molecule has 1 amide bonds. The minimum absolute atomic E-state index is 0.0831. The minimum atomic E-state index is -0.308. The first-order valence-electron chi connectivity index (χ1n) is 6.06. The summed E-state index contributed by atoms with van der Waals surface area (Å²) in [4.78, 5) is 11.8. The van der Waals surface area contributed by atoms with E-state index in [2.05, 4.69) is 20.8 Å². The van der Waals surface area contributed by atoms with Gasteiger partial charge in [-0.15, -0.1) is 0 Å². The van der Waals surface area contributed by atoms with Crippen LogP contribution in [-0.4, -0.2) is 22.1 Å². The first-order chi connectivity index (χ1) is 9.25. The van der Waals surface area contributed by atoms with Crippen LogP contribution in [0, 0.1) is 0 Å². The lowest BCUT2D eigenvalue weighted by Crippen LogP contribution is -2.41. The number of carbonyl (C=O) groups is 1. The van der Waals surface area contributed by atoms with Gasteiger partial charge in [-0.1, -0.05) is 0 Å². The minimum Gasteiger partial charge on any atom is -0.467 e. The molecule has 0 aromatic carbocycles. The molecule has 6 heteroatoms. The highest BCUT2D eigenvalue weighted by Crippen LogP contribution is 1.99. The number of hydrogen-bond donors (Lipinski definition) is 2. The first kappa shape index (κ1) is 13.2. The van der Waals surface area contributed by atoms with Crippen LogP contribution in [0.4, 0.5) is 0 Å². The third-order valence-corrected chi connectivity index (χ3v) is 2.63. The Balaban J connectivity index is 1.73. The summed E-state index contributed by atoms with van der Waals surface area (Å²) < 4.78 is 5.14. The van der Waals surface area contributed by atoms with Crippen LogP contribution < -0.4 is 10.6 Å². The summed E-state index contributed by atoms with van der Waals surface area (Å²) in [6, 6.07) is 6.96.